The summed E-state index contributed by atoms with van der Waals surface area (Å²) in [5, 5.41) is 9.16. The number of hydrogen-bond donors (Lipinski definition) is 1. The Hall–Kier alpha value is -0.570. The molecule has 0 spiro atoms. The molecule has 3 aliphatic rings. The lowest BCUT2D eigenvalue weighted by Gasteiger charge is -2.31. The minimum absolute atomic E-state index is 0.113. The molecule has 3 rings (SSSR count). The molecule has 0 aliphatic heterocycles. The molecule has 3 aliphatic carbocycles. The third-order valence-electron chi connectivity index (χ3n) is 4.98. The molecule has 17 heavy (non-hydrogen) atoms. The van der Waals surface area contributed by atoms with Crippen molar-refractivity contribution in [1.82, 2.24) is 4.90 Å². The molecule has 96 valence electrons. The third-order valence-corrected chi connectivity index (χ3v) is 4.98. The van der Waals surface area contributed by atoms with Crippen molar-refractivity contribution < 1.29 is 9.90 Å². The van der Waals surface area contributed by atoms with Gasteiger partial charge in [0.1, 0.15) is 0 Å². The largest absolute Gasteiger partial charge is 0.395 e. The highest BCUT2D eigenvalue weighted by Gasteiger charge is 2.49. The van der Waals surface area contributed by atoms with Gasteiger partial charge in [0.05, 0.1) is 6.61 Å². The predicted molar refractivity (Wildman–Crippen MR) is 65.4 cm³/mol. The molecule has 3 fully saturated rings. The number of aliphatic hydroxyl groups excluding tert-OH is 1. The van der Waals surface area contributed by atoms with E-state index in [4.69, 9.17) is 5.11 Å². The molecule has 2 atom stereocenters. The number of aliphatic hydroxyl groups is 1. The van der Waals surface area contributed by atoms with Crippen LogP contribution in [0, 0.1) is 17.8 Å². The van der Waals surface area contributed by atoms with Crippen molar-refractivity contribution in [1.29, 1.82) is 0 Å². The lowest BCUT2D eigenvalue weighted by atomic mass is 10.0. The molecule has 3 nitrogen and oxygen atoms in total. The fraction of sp³-hybridized carbons (Fsp3) is 0.929. The Balaban J connectivity index is 1.62. The van der Waals surface area contributed by atoms with Gasteiger partial charge in [-0.25, -0.2) is 0 Å². The zero-order valence-corrected chi connectivity index (χ0v) is 10.5. The Morgan fingerprint density at radius 1 is 1.12 bits per heavy atom. The van der Waals surface area contributed by atoms with Gasteiger partial charge in [0.15, 0.2) is 0 Å². The van der Waals surface area contributed by atoms with Crippen LogP contribution in [0.2, 0.25) is 0 Å². The summed E-state index contributed by atoms with van der Waals surface area (Å²) >= 11 is 0. The van der Waals surface area contributed by atoms with Crippen LogP contribution in [0.1, 0.15) is 44.9 Å². The summed E-state index contributed by atoms with van der Waals surface area (Å²) in [6.45, 7) is 0.664. The Morgan fingerprint density at radius 3 is 2.35 bits per heavy atom. The molecule has 0 heterocycles. The van der Waals surface area contributed by atoms with E-state index in [0.29, 0.717) is 18.5 Å². The number of nitrogens with zero attached hydrogens (tertiary/aromatic N) is 1. The fourth-order valence-electron chi connectivity index (χ4n) is 3.95. The van der Waals surface area contributed by atoms with Crippen LogP contribution in [-0.2, 0) is 4.79 Å². The molecule has 0 saturated heterocycles. The number of fused-ring (bicyclic) bond motifs is 1. The zero-order chi connectivity index (χ0) is 11.8. The number of amides is 1. The van der Waals surface area contributed by atoms with Gasteiger partial charge in [0.2, 0.25) is 5.91 Å². The third kappa shape index (κ3) is 2.22. The van der Waals surface area contributed by atoms with Crippen molar-refractivity contribution >= 4 is 5.91 Å². The lowest BCUT2D eigenvalue weighted by molar-refractivity contribution is -0.138. The molecular weight excluding hydrogens is 214 g/mol. The Labute approximate surface area is 103 Å². The maximum absolute atomic E-state index is 12.5. The van der Waals surface area contributed by atoms with Crippen LogP contribution in [0.25, 0.3) is 0 Å². The zero-order valence-electron chi connectivity index (χ0n) is 10.5. The number of rotatable bonds is 4. The molecular formula is C14H23NO2. The van der Waals surface area contributed by atoms with Gasteiger partial charge in [-0.1, -0.05) is 12.8 Å². The van der Waals surface area contributed by atoms with Gasteiger partial charge in [-0.3, -0.25) is 4.79 Å². The second kappa shape index (κ2) is 4.60. The first-order valence-corrected chi connectivity index (χ1v) is 7.21. The smallest absolute Gasteiger partial charge is 0.226 e. The monoisotopic (exact) mass is 237 g/mol. The molecule has 0 aromatic rings. The Morgan fingerprint density at radius 2 is 1.76 bits per heavy atom. The fourth-order valence-corrected chi connectivity index (χ4v) is 3.95. The van der Waals surface area contributed by atoms with Crippen molar-refractivity contribution in [3.8, 4) is 0 Å². The van der Waals surface area contributed by atoms with Crippen molar-refractivity contribution in [2.75, 3.05) is 13.2 Å². The van der Waals surface area contributed by atoms with Crippen molar-refractivity contribution in [2.45, 2.75) is 51.0 Å². The minimum Gasteiger partial charge on any atom is -0.395 e. The van der Waals surface area contributed by atoms with E-state index in [1.807, 2.05) is 4.90 Å². The number of carbonyl (C=O) groups excluding carboxylic acids is 1. The van der Waals surface area contributed by atoms with Crippen LogP contribution in [0.15, 0.2) is 0 Å². The summed E-state index contributed by atoms with van der Waals surface area (Å²) in [7, 11) is 0. The molecule has 0 aromatic heterocycles. The molecule has 1 N–H and O–H groups in total. The average molecular weight is 237 g/mol. The van der Waals surface area contributed by atoms with Gasteiger partial charge in [0.25, 0.3) is 0 Å². The van der Waals surface area contributed by atoms with Crippen molar-refractivity contribution in [3.63, 3.8) is 0 Å². The van der Waals surface area contributed by atoms with Gasteiger partial charge in [0, 0.05) is 18.5 Å². The van der Waals surface area contributed by atoms with Gasteiger partial charge in [-0.15, -0.1) is 0 Å². The van der Waals surface area contributed by atoms with Crippen LogP contribution in [0.4, 0.5) is 0 Å². The second-order valence-corrected chi connectivity index (χ2v) is 6.12. The first-order chi connectivity index (χ1) is 8.29. The van der Waals surface area contributed by atoms with E-state index in [-0.39, 0.29) is 12.5 Å². The molecule has 0 radical (unpaired) electrons. The van der Waals surface area contributed by atoms with Gasteiger partial charge in [-0.2, -0.15) is 0 Å². The van der Waals surface area contributed by atoms with E-state index in [1.54, 1.807) is 0 Å². The number of carbonyl (C=O) groups is 1. The average Bonchev–Trinajstić information content (AvgIpc) is 2.81. The maximum atomic E-state index is 12.5. The van der Waals surface area contributed by atoms with Crippen LogP contribution in [0.3, 0.4) is 0 Å². The summed E-state index contributed by atoms with van der Waals surface area (Å²) in [6, 6.07) is 0.423. The Kier molecular flexibility index (Phi) is 3.12. The molecule has 2 unspecified atom stereocenters. The van der Waals surface area contributed by atoms with E-state index in [2.05, 4.69) is 0 Å². The van der Waals surface area contributed by atoms with Gasteiger partial charge < -0.3 is 10.0 Å². The minimum atomic E-state index is 0.113. The first-order valence-electron chi connectivity index (χ1n) is 7.21. The topological polar surface area (TPSA) is 40.5 Å². The molecule has 3 saturated carbocycles. The van der Waals surface area contributed by atoms with Crippen LogP contribution in [0.5, 0.6) is 0 Å². The van der Waals surface area contributed by atoms with Gasteiger partial charge in [-0.05, 0) is 43.9 Å². The van der Waals surface area contributed by atoms with Crippen molar-refractivity contribution in [3.05, 3.63) is 0 Å². The van der Waals surface area contributed by atoms with Crippen LogP contribution < -0.4 is 0 Å². The summed E-state index contributed by atoms with van der Waals surface area (Å²) in [5.74, 6) is 2.36. The molecule has 3 heteroatoms. The SMILES string of the molecule is O=C(C1CC2CC2C1)N(CCO)C1CCCC1. The molecule has 1 amide bonds. The van der Waals surface area contributed by atoms with E-state index < -0.39 is 0 Å². The maximum Gasteiger partial charge on any atom is 0.226 e. The normalized spacial score (nSPS) is 35.9. The van der Waals surface area contributed by atoms with E-state index >= 15 is 0 Å². The second-order valence-electron chi connectivity index (χ2n) is 6.12. The lowest BCUT2D eigenvalue weighted by Crippen LogP contribution is -2.43. The first kappa shape index (κ1) is 11.5. The summed E-state index contributed by atoms with van der Waals surface area (Å²) < 4.78 is 0. The van der Waals surface area contributed by atoms with E-state index in [0.717, 1.165) is 37.5 Å². The highest BCUT2D eigenvalue weighted by Crippen LogP contribution is 2.54. The number of hydrogen-bond acceptors (Lipinski definition) is 2. The van der Waals surface area contributed by atoms with Crippen molar-refractivity contribution in [2.24, 2.45) is 17.8 Å². The highest BCUT2D eigenvalue weighted by atomic mass is 16.3. The highest BCUT2D eigenvalue weighted by molar-refractivity contribution is 5.79. The summed E-state index contributed by atoms with van der Waals surface area (Å²) in [4.78, 5) is 14.5. The van der Waals surface area contributed by atoms with E-state index in [1.165, 1.54) is 19.3 Å². The standard InChI is InChI=1S/C14H23NO2/c16-6-5-15(13-3-1-2-4-13)14(17)12-8-10-7-11(10)9-12/h10-13,16H,1-9H2. The van der Waals surface area contributed by atoms with Crippen LogP contribution >= 0.6 is 0 Å². The molecule has 0 aromatic carbocycles. The summed E-state index contributed by atoms with van der Waals surface area (Å²) in [5.41, 5.74) is 0. The Bertz CT molecular complexity index is 289. The predicted octanol–water partition coefficient (Wildman–Crippen LogP) is 1.80. The van der Waals surface area contributed by atoms with E-state index in [9.17, 15) is 4.79 Å². The van der Waals surface area contributed by atoms with Gasteiger partial charge >= 0.3 is 0 Å². The molecule has 0 bridgehead atoms. The van der Waals surface area contributed by atoms with Crippen LogP contribution in [-0.4, -0.2) is 35.1 Å². The quantitative estimate of drug-likeness (QED) is 0.810. The summed E-state index contributed by atoms with van der Waals surface area (Å²) in [6.07, 6.45) is 8.39.